The molecule has 0 saturated carbocycles. The van der Waals surface area contributed by atoms with E-state index in [0.717, 1.165) is 29.8 Å². The van der Waals surface area contributed by atoms with Crippen LogP contribution in [0.5, 0.6) is 0 Å². The van der Waals surface area contributed by atoms with Crippen LogP contribution in [-0.4, -0.2) is 20.7 Å². The first-order chi connectivity index (χ1) is 12.6. The Balaban J connectivity index is 1.91. The number of aromatic nitrogens is 3. The Labute approximate surface area is 158 Å². The Morgan fingerprint density at radius 2 is 1.96 bits per heavy atom. The summed E-state index contributed by atoms with van der Waals surface area (Å²) in [7, 11) is 0. The molecule has 0 spiro atoms. The molecule has 1 aromatic carbocycles. The van der Waals surface area contributed by atoms with E-state index in [2.05, 4.69) is 22.3 Å². The van der Waals surface area contributed by atoms with E-state index in [-0.39, 0.29) is 11.9 Å². The van der Waals surface area contributed by atoms with Crippen molar-refractivity contribution in [2.24, 2.45) is 0 Å². The molecule has 0 radical (unpaired) electrons. The Bertz CT molecular complexity index is 875. The summed E-state index contributed by atoms with van der Waals surface area (Å²) in [4.78, 5) is 17.1. The monoisotopic (exact) mass is 368 g/mol. The number of carbonyl (C=O) groups is 1. The number of hydrogen-bond donors (Lipinski definition) is 1. The zero-order chi connectivity index (χ0) is 18.5. The number of halogens is 1. The average molecular weight is 369 g/mol. The maximum Gasteiger partial charge on any atom is 0.255 e. The lowest BCUT2D eigenvalue weighted by molar-refractivity contribution is 0.0942. The molecule has 1 atom stereocenters. The van der Waals surface area contributed by atoms with Crippen molar-refractivity contribution < 1.29 is 4.79 Å². The highest BCUT2D eigenvalue weighted by atomic mass is 35.5. The van der Waals surface area contributed by atoms with Crippen LogP contribution in [0.1, 0.15) is 46.6 Å². The number of nitrogens with zero attached hydrogens (tertiary/aromatic N) is 3. The minimum absolute atomic E-state index is 0.159. The number of carbonyl (C=O) groups excluding carboxylic acids is 1. The van der Waals surface area contributed by atoms with Crippen molar-refractivity contribution in [3.05, 3.63) is 82.4 Å². The van der Waals surface area contributed by atoms with Crippen LogP contribution in [0.15, 0.2) is 55.0 Å². The van der Waals surface area contributed by atoms with Gasteiger partial charge in [0.05, 0.1) is 17.8 Å². The Morgan fingerprint density at radius 3 is 2.62 bits per heavy atom. The van der Waals surface area contributed by atoms with Gasteiger partial charge in [-0.3, -0.25) is 14.5 Å². The Hall–Kier alpha value is -2.66. The molecule has 0 fully saturated rings. The zero-order valence-corrected chi connectivity index (χ0v) is 15.6. The number of rotatable bonds is 6. The van der Waals surface area contributed by atoms with Crippen LogP contribution in [0.2, 0.25) is 5.02 Å². The van der Waals surface area contributed by atoms with Crippen LogP contribution < -0.4 is 5.32 Å². The molecule has 1 amide bonds. The molecule has 3 aromatic rings. The summed E-state index contributed by atoms with van der Waals surface area (Å²) in [5.74, 6) is -0.159. The third kappa shape index (κ3) is 3.94. The van der Waals surface area contributed by atoms with Crippen molar-refractivity contribution in [2.75, 3.05) is 0 Å². The molecule has 0 saturated heterocycles. The SMILES string of the molecule is CCCn1ncc(C(=O)N[C@@H](c2ccc(Cl)cc2)c2cccnc2)c1C. The van der Waals surface area contributed by atoms with Crippen LogP contribution in [-0.2, 0) is 6.54 Å². The predicted octanol–water partition coefficient (Wildman–Crippen LogP) is 4.17. The number of amides is 1. The largest absolute Gasteiger partial charge is 0.341 e. The fourth-order valence-electron chi connectivity index (χ4n) is 2.88. The molecule has 0 unspecified atom stereocenters. The quantitative estimate of drug-likeness (QED) is 0.710. The molecular formula is C20H21ClN4O. The minimum Gasteiger partial charge on any atom is -0.341 e. The summed E-state index contributed by atoms with van der Waals surface area (Å²) >= 11 is 6.01. The van der Waals surface area contributed by atoms with Crippen LogP contribution in [0.25, 0.3) is 0 Å². The molecule has 0 bridgehead atoms. The van der Waals surface area contributed by atoms with Gasteiger partial charge in [-0.15, -0.1) is 0 Å². The van der Waals surface area contributed by atoms with Gasteiger partial charge in [-0.05, 0) is 42.7 Å². The van der Waals surface area contributed by atoms with Gasteiger partial charge in [0.1, 0.15) is 0 Å². The van der Waals surface area contributed by atoms with Crippen molar-refractivity contribution in [2.45, 2.75) is 32.9 Å². The molecule has 2 aromatic heterocycles. The van der Waals surface area contributed by atoms with Gasteiger partial charge in [-0.1, -0.05) is 36.7 Å². The van der Waals surface area contributed by atoms with Crippen LogP contribution in [0.3, 0.4) is 0 Å². The lowest BCUT2D eigenvalue weighted by atomic mass is 9.99. The molecule has 2 heterocycles. The highest BCUT2D eigenvalue weighted by Gasteiger charge is 2.21. The fraction of sp³-hybridized carbons (Fsp3) is 0.250. The van der Waals surface area contributed by atoms with Gasteiger partial charge in [0.25, 0.3) is 5.91 Å². The predicted molar refractivity (Wildman–Crippen MR) is 102 cm³/mol. The van der Waals surface area contributed by atoms with E-state index < -0.39 is 0 Å². The van der Waals surface area contributed by atoms with Gasteiger partial charge < -0.3 is 5.32 Å². The maximum atomic E-state index is 12.9. The van der Waals surface area contributed by atoms with Gasteiger partial charge in [-0.2, -0.15) is 5.10 Å². The number of nitrogens with one attached hydrogen (secondary N) is 1. The number of pyridine rings is 1. The molecule has 0 aliphatic rings. The van der Waals surface area contributed by atoms with Crippen LogP contribution >= 0.6 is 11.6 Å². The smallest absolute Gasteiger partial charge is 0.255 e. The second-order valence-electron chi connectivity index (χ2n) is 6.11. The van der Waals surface area contributed by atoms with E-state index in [0.29, 0.717) is 10.6 Å². The van der Waals surface area contributed by atoms with E-state index in [1.807, 2.05) is 48.0 Å². The summed E-state index contributed by atoms with van der Waals surface area (Å²) in [6.07, 6.45) is 6.06. The van der Waals surface area contributed by atoms with Crippen LogP contribution in [0.4, 0.5) is 0 Å². The Morgan fingerprint density at radius 1 is 1.19 bits per heavy atom. The zero-order valence-electron chi connectivity index (χ0n) is 14.8. The third-order valence-electron chi connectivity index (χ3n) is 4.28. The van der Waals surface area contributed by atoms with Crippen molar-refractivity contribution in [3.63, 3.8) is 0 Å². The summed E-state index contributed by atoms with van der Waals surface area (Å²) in [5, 5.41) is 8.08. The maximum absolute atomic E-state index is 12.9. The number of aryl methyl sites for hydroxylation is 1. The number of benzene rings is 1. The molecule has 0 aliphatic heterocycles. The Kier molecular flexibility index (Phi) is 5.68. The van der Waals surface area contributed by atoms with Gasteiger partial charge in [0, 0.05) is 29.7 Å². The summed E-state index contributed by atoms with van der Waals surface area (Å²) < 4.78 is 1.86. The third-order valence-corrected chi connectivity index (χ3v) is 4.53. The molecule has 6 heteroatoms. The van der Waals surface area contributed by atoms with Crippen molar-refractivity contribution in [1.29, 1.82) is 0 Å². The lowest BCUT2D eigenvalue weighted by Crippen LogP contribution is -2.29. The second-order valence-corrected chi connectivity index (χ2v) is 6.55. The standard InChI is InChI=1S/C20H21ClN4O/c1-3-11-25-14(2)18(13-23-25)20(26)24-19(16-5-4-10-22-12-16)15-6-8-17(21)9-7-15/h4-10,12-13,19H,3,11H2,1-2H3,(H,24,26)/t19-/m0/s1. The van der Waals surface area contributed by atoms with Crippen molar-refractivity contribution in [1.82, 2.24) is 20.1 Å². The molecular weight excluding hydrogens is 348 g/mol. The van der Waals surface area contributed by atoms with Gasteiger partial charge in [-0.25, -0.2) is 0 Å². The first-order valence-electron chi connectivity index (χ1n) is 8.58. The van der Waals surface area contributed by atoms with E-state index in [1.54, 1.807) is 18.6 Å². The highest BCUT2D eigenvalue weighted by molar-refractivity contribution is 6.30. The molecule has 5 nitrogen and oxygen atoms in total. The summed E-state index contributed by atoms with van der Waals surface area (Å²) in [6.45, 7) is 4.79. The molecule has 3 rings (SSSR count). The van der Waals surface area contributed by atoms with Crippen LogP contribution in [0, 0.1) is 6.92 Å². The first-order valence-corrected chi connectivity index (χ1v) is 8.96. The second kappa shape index (κ2) is 8.15. The van der Waals surface area contributed by atoms with Crippen molar-refractivity contribution >= 4 is 17.5 Å². The van der Waals surface area contributed by atoms with Gasteiger partial charge in [0.2, 0.25) is 0 Å². The van der Waals surface area contributed by atoms with E-state index in [4.69, 9.17) is 11.6 Å². The molecule has 26 heavy (non-hydrogen) atoms. The van der Waals surface area contributed by atoms with Crippen molar-refractivity contribution in [3.8, 4) is 0 Å². The molecule has 134 valence electrons. The van der Waals surface area contributed by atoms with E-state index in [9.17, 15) is 4.79 Å². The van der Waals surface area contributed by atoms with Gasteiger partial charge >= 0.3 is 0 Å². The highest BCUT2D eigenvalue weighted by Crippen LogP contribution is 2.24. The van der Waals surface area contributed by atoms with Gasteiger partial charge in [0.15, 0.2) is 0 Å². The topological polar surface area (TPSA) is 59.8 Å². The number of hydrogen-bond acceptors (Lipinski definition) is 3. The molecule has 0 aliphatic carbocycles. The normalized spacial score (nSPS) is 12.0. The molecule has 1 N–H and O–H groups in total. The summed E-state index contributed by atoms with van der Waals surface area (Å²) in [5.41, 5.74) is 3.29. The first kappa shape index (κ1) is 18.1. The van der Waals surface area contributed by atoms with E-state index in [1.165, 1.54) is 0 Å². The fourth-order valence-corrected chi connectivity index (χ4v) is 3.00. The summed E-state index contributed by atoms with van der Waals surface area (Å²) in [6, 6.07) is 10.9. The lowest BCUT2D eigenvalue weighted by Gasteiger charge is -2.19. The van der Waals surface area contributed by atoms with E-state index >= 15 is 0 Å². The minimum atomic E-state index is -0.317. The average Bonchev–Trinajstić information content (AvgIpc) is 3.02.